The Morgan fingerprint density at radius 2 is 1.51 bits per heavy atom. The molecule has 6 nitrogen and oxygen atoms in total. The van der Waals surface area contributed by atoms with Crippen molar-refractivity contribution in [3.05, 3.63) is 95.0 Å². The summed E-state index contributed by atoms with van der Waals surface area (Å²) in [4.78, 5) is 0. The lowest BCUT2D eigenvalue weighted by Crippen LogP contribution is -2.01. The summed E-state index contributed by atoms with van der Waals surface area (Å²) in [6.45, 7) is 0. The van der Waals surface area contributed by atoms with E-state index >= 15 is 0 Å². The van der Waals surface area contributed by atoms with Gasteiger partial charge in [0, 0.05) is 0 Å². The number of ether oxygens (including phenoxy) is 3. The van der Waals surface area contributed by atoms with Crippen LogP contribution >= 0.6 is 0 Å². The Kier molecular flexibility index (Phi) is 9.00. The van der Waals surface area contributed by atoms with Crippen molar-refractivity contribution in [1.29, 1.82) is 10.5 Å². The summed E-state index contributed by atoms with van der Waals surface area (Å²) < 4.78 is 23.3. The SMILES string of the molecule is C#C/C(C#N)=C/C=C/C1=CCC=C(c2cc(OC)c(-c3ccc(/C=C/C=C(/C#C)C#N)o3)cc2OC)O1. The third-order valence-corrected chi connectivity index (χ3v) is 5.13. The molecule has 2 aromatic rings. The van der Waals surface area contributed by atoms with E-state index in [1.807, 2.05) is 42.5 Å². The summed E-state index contributed by atoms with van der Waals surface area (Å²) in [7, 11) is 3.14. The van der Waals surface area contributed by atoms with Gasteiger partial charge in [0.25, 0.3) is 0 Å². The Bertz CT molecular complexity index is 1500. The number of nitrogens with zero attached hydrogens (tertiary/aromatic N) is 2. The molecule has 0 spiro atoms. The second kappa shape index (κ2) is 12.8. The molecule has 37 heavy (non-hydrogen) atoms. The van der Waals surface area contributed by atoms with Crippen LogP contribution in [0.15, 0.2) is 88.1 Å². The number of hydrogen-bond donors (Lipinski definition) is 0. The lowest BCUT2D eigenvalue weighted by Gasteiger charge is -2.19. The van der Waals surface area contributed by atoms with Gasteiger partial charge in [-0.05, 0) is 67.1 Å². The molecule has 0 saturated carbocycles. The van der Waals surface area contributed by atoms with Crippen LogP contribution in [-0.2, 0) is 4.74 Å². The lowest BCUT2D eigenvalue weighted by atomic mass is 10.0. The Morgan fingerprint density at radius 1 is 0.892 bits per heavy atom. The summed E-state index contributed by atoms with van der Waals surface area (Å²) in [6.07, 6.45) is 24.8. The minimum absolute atomic E-state index is 0.216. The highest BCUT2D eigenvalue weighted by atomic mass is 16.5. The number of terminal acetylenes is 2. The average Bonchev–Trinajstić information content (AvgIpc) is 3.41. The smallest absolute Gasteiger partial charge is 0.138 e. The molecule has 0 atom stereocenters. The van der Waals surface area contributed by atoms with Crippen LogP contribution in [0.2, 0.25) is 0 Å². The van der Waals surface area contributed by atoms with Crippen LogP contribution in [0.5, 0.6) is 11.5 Å². The van der Waals surface area contributed by atoms with Gasteiger partial charge in [-0.2, -0.15) is 10.5 Å². The van der Waals surface area contributed by atoms with E-state index < -0.39 is 0 Å². The van der Waals surface area contributed by atoms with Gasteiger partial charge in [-0.25, -0.2) is 0 Å². The van der Waals surface area contributed by atoms with E-state index in [1.54, 1.807) is 50.7 Å². The van der Waals surface area contributed by atoms with Crippen molar-refractivity contribution < 1.29 is 18.6 Å². The predicted molar refractivity (Wildman–Crippen MR) is 142 cm³/mol. The topological polar surface area (TPSA) is 88.4 Å². The maximum Gasteiger partial charge on any atom is 0.138 e. The maximum atomic E-state index is 8.94. The molecule has 0 N–H and O–H groups in total. The Labute approximate surface area is 216 Å². The van der Waals surface area contributed by atoms with Crippen LogP contribution in [-0.4, -0.2) is 14.2 Å². The first kappa shape index (κ1) is 26.1. The minimum Gasteiger partial charge on any atom is -0.496 e. The first-order valence-electron chi connectivity index (χ1n) is 11.0. The van der Waals surface area contributed by atoms with E-state index in [0.29, 0.717) is 52.1 Å². The van der Waals surface area contributed by atoms with E-state index in [2.05, 4.69) is 11.8 Å². The zero-order valence-electron chi connectivity index (χ0n) is 20.3. The first-order valence-corrected chi connectivity index (χ1v) is 11.0. The highest BCUT2D eigenvalue weighted by Gasteiger charge is 2.20. The third kappa shape index (κ3) is 6.52. The van der Waals surface area contributed by atoms with E-state index in [0.717, 1.165) is 0 Å². The second-order valence-electron chi connectivity index (χ2n) is 7.36. The molecule has 0 saturated heterocycles. The van der Waals surface area contributed by atoms with Crippen LogP contribution in [0.4, 0.5) is 0 Å². The maximum absolute atomic E-state index is 8.94. The molecule has 0 radical (unpaired) electrons. The van der Waals surface area contributed by atoms with Gasteiger partial charge in [0.1, 0.15) is 57.8 Å². The minimum atomic E-state index is 0.216. The highest BCUT2D eigenvalue weighted by molar-refractivity contribution is 5.77. The van der Waals surface area contributed by atoms with E-state index in [-0.39, 0.29) is 11.1 Å². The molecule has 1 aliphatic heterocycles. The molecular weight excluding hydrogens is 464 g/mol. The molecule has 1 aliphatic rings. The van der Waals surface area contributed by atoms with Crippen LogP contribution in [0.1, 0.15) is 17.7 Å². The molecule has 0 aliphatic carbocycles. The summed E-state index contributed by atoms with van der Waals surface area (Å²) in [6, 6.07) is 11.1. The number of rotatable bonds is 8. The fourth-order valence-corrected chi connectivity index (χ4v) is 3.34. The zero-order valence-corrected chi connectivity index (χ0v) is 20.3. The molecule has 0 bridgehead atoms. The third-order valence-electron chi connectivity index (χ3n) is 5.13. The van der Waals surface area contributed by atoms with Crippen molar-refractivity contribution in [2.45, 2.75) is 6.42 Å². The lowest BCUT2D eigenvalue weighted by molar-refractivity contribution is 0.375. The summed E-state index contributed by atoms with van der Waals surface area (Å²) in [5, 5.41) is 17.8. The van der Waals surface area contributed by atoms with Gasteiger partial charge in [-0.3, -0.25) is 0 Å². The number of methoxy groups -OCH3 is 2. The van der Waals surface area contributed by atoms with Crippen LogP contribution in [0, 0.1) is 47.3 Å². The molecular formula is C31H22N2O4. The standard InChI is InChI=1S/C31H22N2O4/c1-5-22(20-32)10-7-12-24-14-9-15-28(36-24)26-18-31(35-4)27(19-30(26)34-3)29-17-16-25(37-29)13-8-11-23(6-2)21-33/h1-2,7-8,10-19H,9H2,3-4H3/b12-7+,13-8+,22-10-,23-11-. The fraction of sp³-hybridized carbons (Fsp3) is 0.0968. The zero-order chi connectivity index (χ0) is 26.6. The number of allylic oxidation sites excluding steroid dienone is 9. The predicted octanol–water partition coefficient (Wildman–Crippen LogP) is 6.34. The summed E-state index contributed by atoms with van der Waals surface area (Å²) in [5.74, 6) is 8.07. The largest absolute Gasteiger partial charge is 0.496 e. The van der Waals surface area contributed by atoms with Crippen LogP contribution in [0.25, 0.3) is 23.2 Å². The van der Waals surface area contributed by atoms with E-state index in [9.17, 15) is 0 Å². The Balaban J connectivity index is 1.89. The first-order chi connectivity index (χ1) is 18.1. The molecule has 1 aromatic heterocycles. The van der Waals surface area contributed by atoms with Gasteiger partial charge in [-0.15, -0.1) is 12.8 Å². The van der Waals surface area contributed by atoms with Gasteiger partial charge < -0.3 is 18.6 Å². The monoisotopic (exact) mass is 486 g/mol. The summed E-state index contributed by atoms with van der Waals surface area (Å²) in [5.41, 5.74) is 1.83. The normalized spacial score (nSPS) is 13.6. The van der Waals surface area contributed by atoms with Crippen molar-refractivity contribution in [3.8, 4) is 59.6 Å². The Hall–Kier alpha value is -5.56. The van der Waals surface area contributed by atoms with Gasteiger partial charge in [0.2, 0.25) is 0 Å². The molecule has 3 rings (SSSR count). The van der Waals surface area contributed by atoms with E-state index in [1.165, 1.54) is 6.08 Å². The van der Waals surface area contributed by atoms with Crippen LogP contribution < -0.4 is 9.47 Å². The van der Waals surface area contributed by atoms with Crippen LogP contribution in [0.3, 0.4) is 0 Å². The van der Waals surface area contributed by atoms with Crippen molar-refractivity contribution >= 4 is 11.8 Å². The highest BCUT2D eigenvalue weighted by Crippen LogP contribution is 2.41. The number of benzene rings is 1. The van der Waals surface area contributed by atoms with Gasteiger partial charge in [-0.1, -0.05) is 24.0 Å². The van der Waals surface area contributed by atoms with Gasteiger partial charge in [0.15, 0.2) is 0 Å². The fourth-order valence-electron chi connectivity index (χ4n) is 3.34. The molecule has 6 heteroatoms. The van der Waals surface area contributed by atoms with Gasteiger partial charge in [0.05, 0.1) is 25.3 Å². The molecule has 0 amide bonds. The van der Waals surface area contributed by atoms with Crippen molar-refractivity contribution in [2.24, 2.45) is 0 Å². The quantitative estimate of drug-likeness (QED) is 0.246. The molecule has 1 aromatic carbocycles. The van der Waals surface area contributed by atoms with E-state index in [4.69, 9.17) is 42.0 Å². The number of hydrogen-bond acceptors (Lipinski definition) is 6. The molecule has 0 unspecified atom stereocenters. The van der Waals surface area contributed by atoms with Crippen molar-refractivity contribution in [3.63, 3.8) is 0 Å². The Morgan fingerprint density at radius 3 is 2.14 bits per heavy atom. The van der Waals surface area contributed by atoms with Crippen molar-refractivity contribution in [1.82, 2.24) is 0 Å². The average molecular weight is 487 g/mol. The molecule has 0 fully saturated rings. The van der Waals surface area contributed by atoms with Gasteiger partial charge >= 0.3 is 0 Å². The number of furan rings is 1. The summed E-state index contributed by atoms with van der Waals surface area (Å²) >= 11 is 0. The number of nitriles is 2. The van der Waals surface area contributed by atoms with Crippen molar-refractivity contribution in [2.75, 3.05) is 14.2 Å². The second-order valence-corrected chi connectivity index (χ2v) is 7.36. The molecule has 180 valence electrons. The molecule has 2 heterocycles.